The lowest BCUT2D eigenvalue weighted by molar-refractivity contribution is -0.153. The molecule has 0 radical (unpaired) electrons. The highest BCUT2D eigenvalue weighted by Gasteiger charge is 2.44. The van der Waals surface area contributed by atoms with Gasteiger partial charge in [-0.3, -0.25) is 9.59 Å². The first-order valence-corrected chi connectivity index (χ1v) is 7.15. The first-order chi connectivity index (χ1) is 9.00. The molecule has 1 saturated heterocycles. The third-order valence-electron chi connectivity index (χ3n) is 4.54. The number of methoxy groups -OCH3 is 1. The number of ether oxygens (including phenoxy) is 1. The average molecular weight is 268 g/mol. The molecule has 3 atom stereocenters. The average Bonchev–Trinajstić information content (AvgIpc) is 2.43. The molecule has 5 nitrogen and oxygen atoms in total. The largest absolute Gasteiger partial charge is 0.381 e. The van der Waals surface area contributed by atoms with E-state index in [-0.39, 0.29) is 30.5 Å². The summed E-state index contributed by atoms with van der Waals surface area (Å²) in [4.78, 5) is 26.2. The zero-order chi connectivity index (χ0) is 14.0. The molecular formula is C14H24N2O3. The monoisotopic (exact) mass is 268 g/mol. The summed E-state index contributed by atoms with van der Waals surface area (Å²) in [5.74, 6) is -0.000145. The maximum atomic E-state index is 12.6. The van der Waals surface area contributed by atoms with E-state index in [2.05, 4.69) is 5.32 Å². The van der Waals surface area contributed by atoms with Crippen LogP contribution in [0.25, 0.3) is 0 Å². The van der Waals surface area contributed by atoms with Crippen LogP contribution in [-0.2, 0) is 14.3 Å². The molecule has 1 N–H and O–H groups in total. The van der Waals surface area contributed by atoms with Crippen LogP contribution in [0.3, 0.4) is 0 Å². The van der Waals surface area contributed by atoms with Crippen molar-refractivity contribution in [3.63, 3.8) is 0 Å². The topological polar surface area (TPSA) is 58.6 Å². The second-order valence-corrected chi connectivity index (χ2v) is 5.85. The van der Waals surface area contributed by atoms with E-state index in [9.17, 15) is 9.59 Å². The minimum absolute atomic E-state index is 0.0522. The Hall–Kier alpha value is -1.10. The van der Waals surface area contributed by atoms with Crippen LogP contribution in [0.2, 0.25) is 0 Å². The molecule has 2 aliphatic rings. The highest BCUT2D eigenvalue weighted by molar-refractivity contribution is 5.97. The van der Waals surface area contributed by atoms with Crippen LogP contribution in [0.1, 0.15) is 46.0 Å². The molecule has 1 heterocycles. The predicted molar refractivity (Wildman–Crippen MR) is 71.6 cm³/mol. The molecule has 1 aliphatic heterocycles. The fraction of sp³-hybridized carbons (Fsp3) is 0.857. The van der Waals surface area contributed by atoms with Crippen LogP contribution in [0.5, 0.6) is 0 Å². The second kappa shape index (κ2) is 5.49. The summed E-state index contributed by atoms with van der Waals surface area (Å²) < 4.78 is 5.41. The van der Waals surface area contributed by atoms with Crippen molar-refractivity contribution in [2.75, 3.05) is 13.7 Å². The van der Waals surface area contributed by atoms with E-state index in [0.717, 1.165) is 25.7 Å². The Morgan fingerprint density at radius 3 is 2.79 bits per heavy atom. The fourth-order valence-electron chi connectivity index (χ4n) is 3.10. The van der Waals surface area contributed by atoms with Gasteiger partial charge in [-0.1, -0.05) is 6.92 Å². The lowest BCUT2D eigenvalue weighted by atomic mass is 9.87. The molecule has 0 aromatic heterocycles. The Morgan fingerprint density at radius 1 is 1.42 bits per heavy atom. The van der Waals surface area contributed by atoms with Crippen molar-refractivity contribution in [3.8, 4) is 0 Å². The van der Waals surface area contributed by atoms with Crippen LogP contribution >= 0.6 is 0 Å². The first-order valence-electron chi connectivity index (χ1n) is 7.15. The Balaban J connectivity index is 2.13. The van der Waals surface area contributed by atoms with Crippen LogP contribution in [0.15, 0.2) is 0 Å². The van der Waals surface area contributed by atoms with Crippen LogP contribution in [0.4, 0.5) is 0 Å². The SMILES string of the molecule is CCC1(C)NC(=O)CN(C2CCCC(OC)C2)C1=O. The van der Waals surface area contributed by atoms with Gasteiger partial charge in [-0.2, -0.15) is 0 Å². The van der Waals surface area contributed by atoms with E-state index in [1.807, 2.05) is 13.8 Å². The molecule has 0 aromatic carbocycles. The molecule has 108 valence electrons. The minimum atomic E-state index is -0.741. The molecule has 1 saturated carbocycles. The zero-order valence-electron chi connectivity index (χ0n) is 12.1. The van der Waals surface area contributed by atoms with Gasteiger partial charge < -0.3 is 15.0 Å². The van der Waals surface area contributed by atoms with E-state index in [1.165, 1.54) is 0 Å². The van der Waals surface area contributed by atoms with Crippen molar-refractivity contribution >= 4 is 11.8 Å². The molecule has 2 rings (SSSR count). The van der Waals surface area contributed by atoms with E-state index in [0.29, 0.717) is 6.42 Å². The quantitative estimate of drug-likeness (QED) is 0.833. The Labute approximate surface area is 114 Å². The van der Waals surface area contributed by atoms with Gasteiger partial charge in [0.2, 0.25) is 11.8 Å². The number of hydrogen-bond acceptors (Lipinski definition) is 3. The maximum Gasteiger partial charge on any atom is 0.248 e. The number of piperazine rings is 1. The summed E-state index contributed by atoms with van der Waals surface area (Å²) in [5.41, 5.74) is -0.741. The van der Waals surface area contributed by atoms with E-state index < -0.39 is 5.54 Å². The normalized spacial score (nSPS) is 36.3. The number of nitrogens with one attached hydrogen (secondary N) is 1. The van der Waals surface area contributed by atoms with Gasteiger partial charge in [0.15, 0.2) is 0 Å². The van der Waals surface area contributed by atoms with Gasteiger partial charge in [-0.25, -0.2) is 0 Å². The molecule has 19 heavy (non-hydrogen) atoms. The van der Waals surface area contributed by atoms with E-state index in [1.54, 1.807) is 12.0 Å². The smallest absolute Gasteiger partial charge is 0.248 e. The summed E-state index contributed by atoms with van der Waals surface area (Å²) in [6, 6.07) is 0.142. The fourth-order valence-corrected chi connectivity index (χ4v) is 3.10. The van der Waals surface area contributed by atoms with Crippen molar-refractivity contribution in [2.24, 2.45) is 0 Å². The highest BCUT2D eigenvalue weighted by Crippen LogP contribution is 2.28. The standard InChI is InChI=1S/C14H24N2O3/c1-4-14(2)13(18)16(9-12(17)15-14)10-6-5-7-11(8-10)19-3/h10-11H,4-9H2,1-3H3,(H,15,17). The summed E-state index contributed by atoms with van der Waals surface area (Å²) in [5, 5.41) is 2.83. The van der Waals surface area contributed by atoms with Gasteiger partial charge >= 0.3 is 0 Å². The number of carbonyl (C=O) groups is 2. The van der Waals surface area contributed by atoms with Crippen molar-refractivity contribution in [1.29, 1.82) is 0 Å². The molecule has 3 unspecified atom stereocenters. The molecule has 2 fully saturated rings. The maximum absolute atomic E-state index is 12.6. The van der Waals surface area contributed by atoms with Crippen molar-refractivity contribution in [3.05, 3.63) is 0 Å². The number of carbonyl (C=O) groups excluding carboxylic acids is 2. The van der Waals surface area contributed by atoms with Crippen molar-refractivity contribution in [1.82, 2.24) is 10.2 Å². The minimum Gasteiger partial charge on any atom is -0.381 e. The van der Waals surface area contributed by atoms with Crippen LogP contribution in [0, 0.1) is 0 Å². The molecule has 0 aromatic rings. The Bertz CT molecular complexity index is 372. The number of nitrogens with zero attached hydrogens (tertiary/aromatic N) is 1. The molecular weight excluding hydrogens is 244 g/mol. The Kier molecular flexibility index (Phi) is 4.13. The zero-order valence-corrected chi connectivity index (χ0v) is 12.1. The Morgan fingerprint density at radius 2 is 2.16 bits per heavy atom. The number of amides is 2. The second-order valence-electron chi connectivity index (χ2n) is 5.85. The molecule has 0 spiro atoms. The number of rotatable bonds is 3. The van der Waals surface area contributed by atoms with Crippen molar-refractivity contribution < 1.29 is 14.3 Å². The summed E-state index contributed by atoms with van der Waals surface area (Å²) in [7, 11) is 1.72. The van der Waals surface area contributed by atoms with E-state index in [4.69, 9.17) is 4.74 Å². The highest BCUT2D eigenvalue weighted by atomic mass is 16.5. The van der Waals surface area contributed by atoms with Gasteiger partial charge in [0.05, 0.1) is 12.6 Å². The van der Waals surface area contributed by atoms with Gasteiger partial charge in [0, 0.05) is 13.2 Å². The lowest BCUT2D eigenvalue weighted by Crippen LogP contribution is -2.67. The predicted octanol–water partition coefficient (Wildman–Crippen LogP) is 1.07. The third kappa shape index (κ3) is 2.76. The first kappa shape index (κ1) is 14.3. The van der Waals surface area contributed by atoms with Gasteiger partial charge in [-0.15, -0.1) is 0 Å². The van der Waals surface area contributed by atoms with E-state index >= 15 is 0 Å². The summed E-state index contributed by atoms with van der Waals surface area (Å²) >= 11 is 0. The van der Waals surface area contributed by atoms with Gasteiger partial charge in [0.25, 0.3) is 0 Å². The molecule has 5 heteroatoms. The summed E-state index contributed by atoms with van der Waals surface area (Å²) in [6.45, 7) is 3.94. The molecule has 1 aliphatic carbocycles. The van der Waals surface area contributed by atoms with Crippen LogP contribution < -0.4 is 5.32 Å². The van der Waals surface area contributed by atoms with Gasteiger partial charge in [-0.05, 0) is 39.0 Å². The molecule has 0 bridgehead atoms. The lowest BCUT2D eigenvalue weighted by Gasteiger charge is -2.45. The third-order valence-corrected chi connectivity index (χ3v) is 4.54. The number of hydrogen-bond donors (Lipinski definition) is 1. The summed E-state index contributed by atoms with van der Waals surface area (Å²) in [6.07, 6.45) is 4.75. The van der Waals surface area contributed by atoms with Crippen molar-refractivity contribution in [2.45, 2.75) is 63.6 Å². The van der Waals surface area contributed by atoms with Crippen LogP contribution in [-0.4, -0.2) is 48.1 Å². The van der Waals surface area contributed by atoms with Gasteiger partial charge in [0.1, 0.15) is 5.54 Å². The molecule has 2 amide bonds.